The lowest BCUT2D eigenvalue weighted by Gasteiger charge is -2.29. The lowest BCUT2D eigenvalue weighted by molar-refractivity contribution is -0.134. The van der Waals surface area contributed by atoms with E-state index in [4.69, 9.17) is 9.72 Å². The van der Waals surface area contributed by atoms with Gasteiger partial charge in [-0.2, -0.15) is 0 Å². The number of aromatic nitrogens is 2. The van der Waals surface area contributed by atoms with Gasteiger partial charge in [0.25, 0.3) is 11.8 Å². The fraction of sp³-hybridized carbons (Fsp3) is 0.318. The molecule has 296 valence electrons. The lowest BCUT2D eigenvalue weighted by atomic mass is 10.0. The first kappa shape index (κ1) is 39.4. The number of hydrogen-bond donors (Lipinski definition) is 3. The maximum Gasteiger partial charge on any atom is 0.408 e. The Balaban J connectivity index is 0.964. The van der Waals surface area contributed by atoms with E-state index in [1.165, 1.54) is 0 Å². The Morgan fingerprint density at radius 1 is 0.842 bits per heavy atom. The minimum atomic E-state index is -2.92. The molecule has 0 bridgehead atoms. The van der Waals surface area contributed by atoms with Crippen LogP contribution in [0.15, 0.2) is 109 Å². The van der Waals surface area contributed by atoms with Gasteiger partial charge in [0.1, 0.15) is 17.5 Å². The Morgan fingerprint density at radius 3 is 2.12 bits per heavy atom. The number of hydrogen-bond acceptors (Lipinski definition) is 8. The second-order valence-corrected chi connectivity index (χ2v) is 17.9. The molecule has 3 heterocycles. The predicted octanol–water partition coefficient (Wildman–Crippen LogP) is 7.16. The Morgan fingerprint density at radius 2 is 1.47 bits per heavy atom. The minimum absolute atomic E-state index is 0.194. The molecule has 7 rings (SSSR count). The molecule has 2 saturated heterocycles. The van der Waals surface area contributed by atoms with Gasteiger partial charge in [-0.05, 0) is 85.7 Å². The maximum absolute atomic E-state index is 14.1. The molecule has 2 aliphatic rings. The second-order valence-electron chi connectivity index (χ2n) is 15.6. The van der Waals surface area contributed by atoms with Gasteiger partial charge in [0.05, 0.1) is 29.4 Å². The number of alkyl carbamates (subject to hydrolysis) is 1. The predicted molar refractivity (Wildman–Crippen MR) is 220 cm³/mol. The Bertz CT molecular complexity index is 2290. The molecule has 0 radical (unpaired) electrons. The molecule has 13 heteroatoms. The second kappa shape index (κ2) is 16.7. The lowest BCUT2D eigenvalue weighted by Crippen LogP contribution is -2.44. The van der Waals surface area contributed by atoms with E-state index >= 15 is 0 Å². The fourth-order valence-electron chi connectivity index (χ4n) is 7.21. The largest absolute Gasteiger partial charge is 0.444 e. The van der Waals surface area contributed by atoms with Crippen molar-refractivity contribution in [3.63, 3.8) is 0 Å². The third-order valence-corrected chi connectivity index (χ3v) is 11.8. The molecule has 2 atom stereocenters. The van der Waals surface area contributed by atoms with Gasteiger partial charge in [0, 0.05) is 37.4 Å². The van der Waals surface area contributed by atoms with Crippen molar-refractivity contribution < 1.29 is 27.5 Å². The van der Waals surface area contributed by atoms with Crippen LogP contribution in [-0.4, -0.2) is 82.8 Å². The molecule has 1 aromatic heterocycles. The summed E-state index contributed by atoms with van der Waals surface area (Å²) in [4.78, 5) is 52.0. The number of imidazole rings is 1. The average molecular weight is 789 g/mol. The first-order valence-corrected chi connectivity index (χ1v) is 21.1. The van der Waals surface area contributed by atoms with Gasteiger partial charge in [-0.1, -0.05) is 78.9 Å². The molecule has 0 aliphatic carbocycles. The van der Waals surface area contributed by atoms with Crippen molar-refractivity contribution in [3.8, 4) is 22.4 Å². The molecule has 0 unspecified atom stereocenters. The van der Waals surface area contributed by atoms with Crippen molar-refractivity contribution in [2.24, 2.45) is 0 Å². The summed E-state index contributed by atoms with van der Waals surface area (Å²) in [6.45, 7) is 7.63. The van der Waals surface area contributed by atoms with Crippen LogP contribution in [0.25, 0.3) is 22.4 Å². The summed E-state index contributed by atoms with van der Waals surface area (Å²) in [7, 11) is -2.92. The smallest absolute Gasteiger partial charge is 0.408 e. The summed E-state index contributed by atoms with van der Waals surface area (Å²) in [6, 6.07) is 31.2. The summed E-state index contributed by atoms with van der Waals surface area (Å²) >= 11 is 0. The molecule has 0 saturated carbocycles. The van der Waals surface area contributed by atoms with Crippen LogP contribution >= 0.6 is 0 Å². The van der Waals surface area contributed by atoms with Gasteiger partial charge >= 0.3 is 6.09 Å². The van der Waals surface area contributed by atoms with E-state index in [-0.39, 0.29) is 29.4 Å². The van der Waals surface area contributed by atoms with Gasteiger partial charge in [0.15, 0.2) is 9.84 Å². The number of rotatable bonds is 10. The van der Waals surface area contributed by atoms with Crippen LogP contribution < -0.4 is 10.6 Å². The van der Waals surface area contributed by atoms with Crippen molar-refractivity contribution >= 4 is 33.4 Å². The SMILES string of the molecule is CC(C)(C)OC(=O)N[C@@H](C(=O)N1CCC[C@@H]1c1ncc(-c2ccc(-c3ccc(C(=O)Nc4ccc(CN5CCS(=O)(=O)CC5)cc4)cc3)cc2)[nH]1)c1ccccc1. The molecule has 3 N–H and O–H groups in total. The van der Waals surface area contributed by atoms with Crippen LogP contribution in [-0.2, 0) is 25.9 Å². The molecule has 5 aromatic rings. The van der Waals surface area contributed by atoms with Crippen LogP contribution in [0, 0.1) is 0 Å². The number of anilines is 1. The molecule has 2 aliphatic heterocycles. The highest BCUT2D eigenvalue weighted by atomic mass is 32.2. The van der Waals surface area contributed by atoms with Crippen molar-refractivity contribution in [1.29, 1.82) is 0 Å². The Hall–Kier alpha value is -5.79. The van der Waals surface area contributed by atoms with Gasteiger partial charge < -0.3 is 25.3 Å². The number of likely N-dealkylation sites (tertiary alicyclic amines) is 1. The van der Waals surface area contributed by atoms with Gasteiger partial charge in [0.2, 0.25) is 0 Å². The number of ether oxygens (including phenoxy) is 1. The first-order chi connectivity index (χ1) is 27.3. The number of carbonyl (C=O) groups is 3. The van der Waals surface area contributed by atoms with E-state index < -0.39 is 27.6 Å². The van der Waals surface area contributed by atoms with E-state index in [1.807, 2.05) is 91.0 Å². The molecule has 2 fully saturated rings. The number of sulfone groups is 1. The quantitative estimate of drug-likeness (QED) is 0.135. The third-order valence-electron chi connectivity index (χ3n) is 10.2. The van der Waals surface area contributed by atoms with Crippen molar-refractivity contribution in [1.82, 2.24) is 25.1 Å². The standard InChI is InChI=1S/C44H48N6O6S/c1-44(2,3)56-43(53)48-39(34-8-5-4-6-9-34)42(52)50-23-7-10-38(50)40-45-28-37(47-40)33-17-13-31(14-18-33)32-15-19-35(20-16-32)41(51)46-36-21-11-30(12-22-36)29-49-24-26-57(54,55)27-25-49/h4-6,8-9,11-22,28,38-39H,7,10,23-27,29H2,1-3H3,(H,45,47)(H,46,51)(H,48,53)/t38-,39-/m1/s1. The molecular formula is C44H48N6O6S. The van der Waals surface area contributed by atoms with Gasteiger partial charge in [-0.15, -0.1) is 0 Å². The maximum atomic E-state index is 14.1. The minimum Gasteiger partial charge on any atom is -0.444 e. The van der Waals surface area contributed by atoms with Crippen LogP contribution in [0.1, 0.15) is 73.0 Å². The van der Waals surface area contributed by atoms with Gasteiger partial charge in [-0.25, -0.2) is 18.2 Å². The summed E-state index contributed by atoms with van der Waals surface area (Å²) in [5, 5.41) is 5.76. The van der Waals surface area contributed by atoms with Crippen molar-refractivity contribution in [2.75, 3.05) is 36.5 Å². The van der Waals surface area contributed by atoms with E-state index in [0.29, 0.717) is 48.8 Å². The van der Waals surface area contributed by atoms with E-state index in [9.17, 15) is 22.8 Å². The normalized spacial score (nSPS) is 17.5. The number of nitrogens with one attached hydrogen (secondary N) is 3. The zero-order valence-corrected chi connectivity index (χ0v) is 33.2. The topological polar surface area (TPSA) is 154 Å². The zero-order valence-electron chi connectivity index (χ0n) is 32.4. The average Bonchev–Trinajstić information content (AvgIpc) is 3.89. The summed E-state index contributed by atoms with van der Waals surface area (Å²) in [5.41, 5.74) is 5.96. The zero-order chi connectivity index (χ0) is 40.2. The van der Waals surface area contributed by atoms with E-state index in [2.05, 4.69) is 20.5 Å². The number of nitrogens with zero attached hydrogens (tertiary/aromatic N) is 3. The highest BCUT2D eigenvalue weighted by Gasteiger charge is 2.37. The van der Waals surface area contributed by atoms with Crippen LogP contribution in [0.5, 0.6) is 0 Å². The summed E-state index contributed by atoms with van der Waals surface area (Å²) in [5.74, 6) is 0.643. The monoisotopic (exact) mass is 788 g/mol. The van der Waals surface area contributed by atoms with Crippen molar-refractivity contribution in [2.45, 2.75) is 57.8 Å². The summed E-state index contributed by atoms with van der Waals surface area (Å²) in [6.07, 6.45) is 2.67. The van der Waals surface area contributed by atoms with Crippen LogP contribution in [0.4, 0.5) is 10.5 Å². The van der Waals surface area contributed by atoms with E-state index in [0.717, 1.165) is 40.8 Å². The Labute approximate surface area is 333 Å². The van der Waals surface area contributed by atoms with Crippen molar-refractivity contribution in [3.05, 3.63) is 132 Å². The summed E-state index contributed by atoms with van der Waals surface area (Å²) < 4.78 is 28.9. The molecular weight excluding hydrogens is 741 g/mol. The fourth-order valence-corrected chi connectivity index (χ4v) is 8.49. The molecule has 57 heavy (non-hydrogen) atoms. The molecule has 12 nitrogen and oxygen atoms in total. The van der Waals surface area contributed by atoms with Gasteiger partial charge in [-0.3, -0.25) is 14.5 Å². The van der Waals surface area contributed by atoms with Crippen LogP contribution in [0.3, 0.4) is 0 Å². The number of benzene rings is 4. The first-order valence-electron chi connectivity index (χ1n) is 19.2. The molecule has 0 spiro atoms. The number of H-pyrrole nitrogens is 1. The highest BCUT2D eigenvalue weighted by molar-refractivity contribution is 7.91. The number of carbonyl (C=O) groups excluding carboxylic acids is 3. The number of amides is 3. The number of aromatic amines is 1. The molecule has 4 aromatic carbocycles. The third kappa shape index (κ3) is 9.97. The molecule has 3 amide bonds. The van der Waals surface area contributed by atoms with E-state index in [1.54, 1.807) is 44.0 Å². The Kier molecular flexibility index (Phi) is 11.6. The van der Waals surface area contributed by atoms with Crippen LogP contribution in [0.2, 0.25) is 0 Å². The highest BCUT2D eigenvalue weighted by Crippen LogP contribution is 2.34.